The summed E-state index contributed by atoms with van der Waals surface area (Å²) in [5, 5.41) is 11.9. The molecule has 0 atom stereocenters. The van der Waals surface area contributed by atoms with Crippen LogP contribution in [0.15, 0.2) is 22.8 Å². The largest absolute Gasteiger partial charge is 0.459 e. The summed E-state index contributed by atoms with van der Waals surface area (Å²) in [6, 6.07) is 3.22. The summed E-state index contributed by atoms with van der Waals surface area (Å²) >= 11 is 0. The van der Waals surface area contributed by atoms with Crippen molar-refractivity contribution in [2.75, 3.05) is 20.2 Å². The van der Waals surface area contributed by atoms with Crippen LogP contribution in [0, 0.1) is 0 Å². The lowest BCUT2D eigenvalue weighted by molar-refractivity contribution is -0.136. The Balaban J connectivity index is 2.27. The molecule has 2 amide bonds. The highest BCUT2D eigenvalue weighted by Gasteiger charge is 2.26. The third-order valence-corrected chi connectivity index (χ3v) is 3.27. The maximum absolute atomic E-state index is 11.9. The van der Waals surface area contributed by atoms with Gasteiger partial charge in [0, 0.05) is 20.0 Å². The van der Waals surface area contributed by atoms with Crippen LogP contribution in [0.3, 0.4) is 0 Å². The second-order valence-electron chi connectivity index (χ2n) is 5.26. The number of rotatable bonds is 7. The molecular formula is C14H22N2O4. The summed E-state index contributed by atoms with van der Waals surface area (Å²) in [5.41, 5.74) is -0.575. The van der Waals surface area contributed by atoms with E-state index in [4.69, 9.17) is 4.42 Å². The number of aliphatic hydroxyl groups is 1. The predicted molar refractivity (Wildman–Crippen MR) is 74.2 cm³/mol. The van der Waals surface area contributed by atoms with Crippen molar-refractivity contribution in [3.05, 3.63) is 24.2 Å². The summed E-state index contributed by atoms with van der Waals surface area (Å²) in [5.74, 6) is -0.0855. The maximum atomic E-state index is 11.9. The molecule has 0 saturated carbocycles. The van der Waals surface area contributed by atoms with Gasteiger partial charge in [-0.2, -0.15) is 0 Å². The first-order chi connectivity index (χ1) is 9.38. The van der Waals surface area contributed by atoms with Crippen molar-refractivity contribution in [3.63, 3.8) is 0 Å². The zero-order valence-electron chi connectivity index (χ0n) is 12.2. The molecule has 0 radical (unpaired) electrons. The summed E-state index contributed by atoms with van der Waals surface area (Å²) in [4.78, 5) is 25.0. The van der Waals surface area contributed by atoms with Gasteiger partial charge in [0.1, 0.15) is 0 Å². The molecule has 1 rings (SSSR count). The number of carbonyl (C=O) groups is 2. The van der Waals surface area contributed by atoms with E-state index >= 15 is 0 Å². The van der Waals surface area contributed by atoms with E-state index in [9.17, 15) is 14.7 Å². The number of nitrogens with one attached hydrogen (secondary N) is 1. The molecule has 6 heteroatoms. The molecule has 20 heavy (non-hydrogen) atoms. The first-order valence-electron chi connectivity index (χ1n) is 6.57. The summed E-state index contributed by atoms with van der Waals surface area (Å²) in [7, 11) is 1.67. The molecule has 0 aliphatic heterocycles. The van der Waals surface area contributed by atoms with E-state index in [0.717, 1.165) is 0 Å². The van der Waals surface area contributed by atoms with Gasteiger partial charge in [0.05, 0.1) is 18.4 Å². The second kappa shape index (κ2) is 7.09. The van der Waals surface area contributed by atoms with Crippen molar-refractivity contribution < 1.29 is 19.1 Å². The molecule has 1 aromatic heterocycles. The fraction of sp³-hybridized carbons (Fsp3) is 0.571. The zero-order chi connectivity index (χ0) is 15.2. The molecule has 1 heterocycles. The van der Waals surface area contributed by atoms with Crippen molar-refractivity contribution in [2.24, 2.45) is 0 Å². The maximum Gasteiger partial charge on any atom is 0.286 e. The highest BCUT2D eigenvalue weighted by molar-refractivity contribution is 5.91. The molecule has 0 aromatic carbocycles. The van der Waals surface area contributed by atoms with Crippen LogP contribution >= 0.6 is 0 Å². The van der Waals surface area contributed by atoms with E-state index in [0.29, 0.717) is 19.4 Å². The fourth-order valence-corrected chi connectivity index (χ4v) is 1.55. The Hall–Kier alpha value is -1.82. The molecule has 6 nitrogen and oxygen atoms in total. The van der Waals surface area contributed by atoms with Gasteiger partial charge in [0.25, 0.3) is 5.91 Å². The third-order valence-electron chi connectivity index (χ3n) is 3.27. The van der Waals surface area contributed by atoms with E-state index in [-0.39, 0.29) is 24.2 Å². The predicted octanol–water partition coefficient (Wildman–Crippen LogP) is 1.02. The number of amides is 2. The van der Waals surface area contributed by atoms with Crippen molar-refractivity contribution in [1.29, 1.82) is 0 Å². The van der Waals surface area contributed by atoms with E-state index < -0.39 is 5.54 Å². The minimum Gasteiger partial charge on any atom is -0.459 e. The monoisotopic (exact) mass is 282 g/mol. The van der Waals surface area contributed by atoms with Crippen LogP contribution in [-0.4, -0.2) is 47.6 Å². The average molecular weight is 282 g/mol. The Labute approximate surface area is 118 Å². The number of furan rings is 1. The van der Waals surface area contributed by atoms with Gasteiger partial charge in [-0.25, -0.2) is 0 Å². The first kappa shape index (κ1) is 16.2. The summed E-state index contributed by atoms with van der Waals surface area (Å²) in [6.45, 7) is 3.90. The van der Waals surface area contributed by atoms with Gasteiger partial charge in [-0.3, -0.25) is 9.59 Å². The van der Waals surface area contributed by atoms with Gasteiger partial charge < -0.3 is 19.7 Å². The molecule has 0 aliphatic carbocycles. The molecule has 112 valence electrons. The fourth-order valence-electron chi connectivity index (χ4n) is 1.55. The van der Waals surface area contributed by atoms with Crippen molar-refractivity contribution in [1.82, 2.24) is 10.2 Å². The van der Waals surface area contributed by atoms with E-state index in [1.807, 2.05) is 0 Å². The smallest absolute Gasteiger partial charge is 0.286 e. The SMILES string of the molecule is CN(C(=O)CCCNC(=O)c1ccco1)C(C)(C)CO. The Bertz CT molecular complexity index is 440. The van der Waals surface area contributed by atoms with Crippen molar-refractivity contribution in [3.8, 4) is 0 Å². The minimum atomic E-state index is -0.575. The number of carbonyl (C=O) groups excluding carboxylic acids is 2. The summed E-state index contributed by atoms with van der Waals surface area (Å²) in [6.07, 6.45) is 2.29. The van der Waals surface area contributed by atoms with Gasteiger partial charge in [-0.15, -0.1) is 0 Å². The average Bonchev–Trinajstić information content (AvgIpc) is 2.96. The number of likely N-dealkylation sites (N-methyl/N-ethyl adjacent to an activating group) is 1. The van der Waals surface area contributed by atoms with Crippen LogP contribution in [-0.2, 0) is 4.79 Å². The zero-order valence-corrected chi connectivity index (χ0v) is 12.2. The van der Waals surface area contributed by atoms with Gasteiger partial charge in [-0.05, 0) is 32.4 Å². The number of hydrogen-bond donors (Lipinski definition) is 2. The topological polar surface area (TPSA) is 82.8 Å². The van der Waals surface area contributed by atoms with E-state index in [1.54, 1.807) is 33.0 Å². The molecule has 0 bridgehead atoms. The van der Waals surface area contributed by atoms with Gasteiger partial charge in [-0.1, -0.05) is 0 Å². The van der Waals surface area contributed by atoms with Crippen LogP contribution < -0.4 is 5.32 Å². The molecule has 1 aromatic rings. The van der Waals surface area contributed by atoms with Crippen LogP contribution in [0.1, 0.15) is 37.2 Å². The number of nitrogens with zero attached hydrogens (tertiary/aromatic N) is 1. The number of aliphatic hydroxyl groups excluding tert-OH is 1. The molecule has 0 aliphatic rings. The Morgan fingerprint density at radius 2 is 2.15 bits per heavy atom. The van der Waals surface area contributed by atoms with Crippen molar-refractivity contribution in [2.45, 2.75) is 32.2 Å². The third kappa shape index (κ3) is 4.38. The van der Waals surface area contributed by atoms with Gasteiger partial charge in [0.15, 0.2) is 5.76 Å². The van der Waals surface area contributed by atoms with Gasteiger partial charge in [0.2, 0.25) is 5.91 Å². The lowest BCUT2D eigenvalue weighted by Gasteiger charge is -2.34. The lowest BCUT2D eigenvalue weighted by atomic mass is 10.0. The number of hydrogen-bond acceptors (Lipinski definition) is 4. The van der Waals surface area contributed by atoms with E-state index in [1.165, 1.54) is 11.2 Å². The van der Waals surface area contributed by atoms with Crippen LogP contribution in [0.2, 0.25) is 0 Å². The van der Waals surface area contributed by atoms with Crippen LogP contribution in [0.5, 0.6) is 0 Å². The Kier molecular flexibility index (Phi) is 5.76. The van der Waals surface area contributed by atoms with Crippen molar-refractivity contribution >= 4 is 11.8 Å². The highest BCUT2D eigenvalue weighted by atomic mass is 16.3. The molecule has 0 fully saturated rings. The standard InChI is InChI=1S/C14H22N2O4/c1-14(2,10-17)16(3)12(18)7-4-8-15-13(19)11-6-5-9-20-11/h5-6,9,17H,4,7-8,10H2,1-3H3,(H,15,19). The van der Waals surface area contributed by atoms with E-state index in [2.05, 4.69) is 5.32 Å². The van der Waals surface area contributed by atoms with Gasteiger partial charge >= 0.3 is 0 Å². The molecule has 0 saturated heterocycles. The highest BCUT2D eigenvalue weighted by Crippen LogP contribution is 2.12. The quantitative estimate of drug-likeness (QED) is 0.731. The minimum absolute atomic E-state index is 0.0590. The second-order valence-corrected chi connectivity index (χ2v) is 5.26. The van der Waals surface area contributed by atoms with Crippen LogP contribution in [0.25, 0.3) is 0 Å². The normalized spacial score (nSPS) is 11.2. The Morgan fingerprint density at radius 3 is 2.70 bits per heavy atom. The molecular weight excluding hydrogens is 260 g/mol. The lowest BCUT2D eigenvalue weighted by Crippen LogP contribution is -2.47. The summed E-state index contributed by atoms with van der Waals surface area (Å²) < 4.78 is 4.96. The molecule has 0 spiro atoms. The molecule has 0 unspecified atom stereocenters. The van der Waals surface area contributed by atoms with Crippen LogP contribution in [0.4, 0.5) is 0 Å². The molecule has 2 N–H and O–H groups in total. The Morgan fingerprint density at radius 1 is 1.45 bits per heavy atom. The first-order valence-corrected chi connectivity index (χ1v) is 6.57.